The maximum absolute atomic E-state index is 11.5. The molecule has 1 aromatic rings. The van der Waals surface area contributed by atoms with E-state index < -0.39 is 41.1 Å². The monoisotopic (exact) mass is 364 g/mol. The number of carboxylic acids is 3. The van der Waals surface area contributed by atoms with Gasteiger partial charge in [0.1, 0.15) is 0 Å². The van der Waals surface area contributed by atoms with Crippen LogP contribution in [0.5, 0.6) is 0 Å². The third-order valence-corrected chi connectivity index (χ3v) is 3.62. The second kappa shape index (κ2) is 8.80. The van der Waals surface area contributed by atoms with Gasteiger partial charge < -0.3 is 20.1 Å². The molecule has 3 N–H and O–H groups in total. The molecule has 1 atom stereocenters. The molecule has 1 unspecified atom stereocenters. The molecule has 0 aliphatic heterocycles. The van der Waals surface area contributed by atoms with E-state index in [1.54, 1.807) is 6.92 Å². The van der Waals surface area contributed by atoms with E-state index in [1.807, 2.05) is 0 Å². The lowest BCUT2D eigenvalue weighted by Gasteiger charge is -2.14. The van der Waals surface area contributed by atoms with E-state index in [0.717, 1.165) is 12.1 Å². The first-order valence-electron chi connectivity index (χ1n) is 7.77. The molecule has 0 bridgehead atoms. The Balaban J connectivity index is 3.02. The Morgan fingerprint density at radius 2 is 1.69 bits per heavy atom. The van der Waals surface area contributed by atoms with Crippen molar-refractivity contribution in [1.29, 1.82) is 0 Å². The van der Waals surface area contributed by atoms with E-state index >= 15 is 0 Å². The number of aromatic carboxylic acids is 3. The highest BCUT2D eigenvalue weighted by Gasteiger charge is 2.23. The van der Waals surface area contributed by atoms with Crippen LogP contribution in [0.25, 0.3) is 0 Å². The summed E-state index contributed by atoms with van der Waals surface area (Å²) >= 11 is 0. The molecule has 0 aliphatic rings. The van der Waals surface area contributed by atoms with Gasteiger partial charge in [0.05, 0.1) is 22.8 Å². The van der Waals surface area contributed by atoms with Crippen LogP contribution in [0.3, 0.4) is 0 Å². The molecular weight excluding hydrogens is 344 g/mol. The van der Waals surface area contributed by atoms with Crippen LogP contribution in [0.4, 0.5) is 0 Å². The predicted octanol–water partition coefficient (Wildman–Crippen LogP) is 2.61. The number of hydrogen-bond donors (Lipinski definition) is 3. The maximum Gasteiger partial charge on any atom is 0.336 e. The number of ether oxygens (including phenoxy) is 1. The van der Waals surface area contributed by atoms with Crippen LogP contribution in [0, 0.1) is 0 Å². The lowest BCUT2D eigenvalue weighted by molar-refractivity contribution is -0.143. The van der Waals surface area contributed by atoms with Crippen molar-refractivity contribution in [3.05, 3.63) is 46.5 Å². The summed E-state index contributed by atoms with van der Waals surface area (Å²) in [5.74, 6) is -4.86. The summed E-state index contributed by atoms with van der Waals surface area (Å²) in [6.07, 6.45) is 0.428. The first-order valence-corrected chi connectivity index (χ1v) is 7.77. The highest BCUT2D eigenvalue weighted by atomic mass is 16.5. The molecule has 8 nitrogen and oxygen atoms in total. The van der Waals surface area contributed by atoms with E-state index in [0.29, 0.717) is 12.8 Å². The van der Waals surface area contributed by atoms with Crippen LogP contribution in [0.15, 0.2) is 24.3 Å². The third-order valence-electron chi connectivity index (χ3n) is 3.62. The molecule has 8 heteroatoms. The number of aryl methyl sites for hydroxylation is 1. The Hall–Kier alpha value is -3.16. The standard InChI is InChI=1S/C18H20O8/c1-9(2)18(25)26-10(3)5-4-6-11-7-12(15(19)20)8-13(16(21)22)14(11)17(23)24/h7-8,10H,1,4-6H2,2-3H3,(H,19,20)(H,21,22)(H,23,24). The first-order chi connectivity index (χ1) is 12.0. The van der Waals surface area contributed by atoms with Crippen molar-refractivity contribution in [2.45, 2.75) is 39.2 Å². The zero-order valence-corrected chi connectivity index (χ0v) is 14.4. The van der Waals surface area contributed by atoms with E-state index in [2.05, 4.69) is 6.58 Å². The molecule has 0 aliphatic carbocycles. The van der Waals surface area contributed by atoms with Gasteiger partial charge in [-0.1, -0.05) is 6.58 Å². The second-order valence-corrected chi connectivity index (χ2v) is 5.86. The van der Waals surface area contributed by atoms with Crippen molar-refractivity contribution < 1.29 is 39.2 Å². The van der Waals surface area contributed by atoms with E-state index in [-0.39, 0.29) is 23.1 Å². The quantitative estimate of drug-likeness (QED) is 0.449. The first kappa shape index (κ1) is 20.9. The van der Waals surface area contributed by atoms with E-state index in [1.165, 1.54) is 6.92 Å². The average molecular weight is 364 g/mol. The fourth-order valence-electron chi connectivity index (χ4n) is 2.37. The Bertz CT molecular complexity index is 763. The fraction of sp³-hybridized carbons (Fsp3) is 0.333. The van der Waals surface area contributed by atoms with Gasteiger partial charge in [0.2, 0.25) is 0 Å². The number of benzene rings is 1. The summed E-state index contributed by atoms with van der Waals surface area (Å²) in [5, 5.41) is 27.6. The smallest absolute Gasteiger partial charge is 0.336 e. The van der Waals surface area contributed by atoms with Crippen LogP contribution in [-0.2, 0) is 16.0 Å². The van der Waals surface area contributed by atoms with Gasteiger partial charge in [0, 0.05) is 5.57 Å². The second-order valence-electron chi connectivity index (χ2n) is 5.86. The average Bonchev–Trinajstić information content (AvgIpc) is 2.53. The van der Waals surface area contributed by atoms with Crippen LogP contribution in [0.1, 0.15) is 63.3 Å². The number of carbonyl (C=O) groups excluding carboxylic acids is 1. The van der Waals surface area contributed by atoms with Gasteiger partial charge in [0.25, 0.3) is 0 Å². The SMILES string of the molecule is C=C(C)C(=O)OC(C)CCCc1cc(C(=O)O)cc(C(=O)O)c1C(=O)O. The van der Waals surface area contributed by atoms with Crippen LogP contribution < -0.4 is 0 Å². The number of carboxylic acid groups (broad SMARTS) is 3. The molecular formula is C18H20O8. The maximum atomic E-state index is 11.5. The lowest BCUT2D eigenvalue weighted by atomic mass is 9.93. The van der Waals surface area contributed by atoms with E-state index in [9.17, 15) is 29.4 Å². The Morgan fingerprint density at radius 3 is 2.15 bits per heavy atom. The van der Waals surface area contributed by atoms with Crippen LogP contribution >= 0.6 is 0 Å². The van der Waals surface area contributed by atoms with Gasteiger partial charge in [-0.25, -0.2) is 19.2 Å². The van der Waals surface area contributed by atoms with E-state index in [4.69, 9.17) is 9.84 Å². The fourth-order valence-corrected chi connectivity index (χ4v) is 2.37. The zero-order valence-electron chi connectivity index (χ0n) is 14.4. The minimum Gasteiger partial charge on any atom is -0.478 e. The van der Waals surface area contributed by atoms with Gasteiger partial charge in [-0.2, -0.15) is 0 Å². The van der Waals surface area contributed by atoms with Gasteiger partial charge in [0.15, 0.2) is 0 Å². The normalized spacial score (nSPS) is 11.5. The minimum absolute atomic E-state index is 0.105. The molecule has 0 saturated carbocycles. The molecule has 26 heavy (non-hydrogen) atoms. The number of carbonyl (C=O) groups is 4. The van der Waals surface area contributed by atoms with Crippen LogP contribution in [0.2, 0.25) is 0 Å². The molecule has 0 heterocycles. The molecule has 0 radical (unpaired) electrons. The highest BCUT2D eigenvalue weighted by Crippen LogP contribution is 2.21. The predicted molar refractivity (Wildman–Crippen MR) is 90.6 cm³/mol. The largest absolute Gasteiger partial charge is 0.478 e. The summed E-state index contributed by atoms with van der Waals surface area (Å²) in [6, 6.07) is 1.98. The zero-order chi connectivity index (χ0) is 20.0. The lowest BCUT2D eigenvalue weighted by Crippen LogP contribution is -2.16. The third kappa shape index (κ3) is 5.44. The topological polar surface area (TPSA) is 138 Å². The summed E-state index contributed by atoms with van der Waals surface area (Å²) < 4.78 is 5.11. The van der Waals surface area contributed by atoms with Crippen molar-refractivity contribution >= 4 is 23.9 Å². The molecule has 0 fully saturated rings. The summed E-state index contributed by atoms with van der Waals surface area (Å²) in [6.45, 7) is 6.64. The molecule has 0 spiro atoms. The van der Waals surface area contributed by atoms with Crippen molar-refractivity contribution in [3.8, 4) is 0 Å². The van der Waals surface area contributed by atoms with Crippen LogP contribution in [-0.4, -0.2) is 45.3 Å². The summed E-state index contributed by atoms with van der Waals surface area (Å²) in [4.78, 5) is 45.4. The molecule has 140 valence electrons. The van der Waals surface area contributed by atoms with Gasteiger partial charge >= 0.3 is 23.9 Å². The molecule has 1 aromatic carbocycles. The number of esters is 1. The number of hydrogen-bond acceptors (Lipinski definition) is 5. The molecule has 0 amide bonds. The minimum atomic E-state index is -1.52. The van der Waals surface area contributed by atoms with Crippen molar-refractivity contribution in [2.75, 3.05) is 0 Å². The number of rotatable bonds is 9. The van der Waals surface area contributed by atoms with Crippen molar-refractivity contribution in [2.24, 2.45) is 0 Å². The molecule has 0 saturated heterocycles. The Labute approximate surface area is 149 Å². The Kier molecular flexibility index (Phi) is 7.06. The summed E-state index contributed by atoms with van der Waals surface area (Å²) in [5.41, 5.74) is -0.953. The van der Waals surface area contributed by atoms with Crippen molar-refractivity contribution in [3.63, 3.8) is 0 Å². The Morgan fingerprint density at radius 1 is 1.08 bits per heavy atom. The van der Waals surface area contributed by atoms with Gasteiger partial charge in [-0.15, -0.1) is 0 Å². The summed E-state index contributed by atoms with van der Waals surface area (Å²) in [7, 11) is 0. The molecule has 1 rings (SSSR count). The highest BCUT2D eigenvalue weighted by molar-refractivity contribution is 6.05. The molecule has 0 aromatic heterocycles. The van der Waals surface area contributed by atoms with Crippen molar-refractivity contribution in [1.82, 2.24) is 0 Å². The van der Waals surface area contributed by atoms with Gasteiger partial charge in [-0.05, 0) is 50.8 Å². The van der Waals surface area contributed by atoms with Gasteiger partial charge in [-0.3, -0.25) is 0 Å².